The van der Waals surface area contributed by atoms with Crippen molar-refractivity contribution >= 4 is 39.8 Å². The Morgan fingerprint density at radius 1 is 1.37 bits per heavy atom. The van der Waals surface area contributed by atoms with E-state index >= 15 is 0 Å². The molecule has 0 spiro atoms. The highest BCUT2D eigenvalue weighted by Crippen LogP contribution is 2.29. The number of ether oxygens (including phenoxy) is 1. The molecule has 0 bridgehead atoms. The summed E-state index contributed by atoms with van der Waals surface area (Å²) < 4.78 is 6.23. The highest BCUT2D eigenvalue weighted by Gasteiger charge is 2.30. The molecule has 0 aromatic carbocycles. The van der Waals surface area contributed by atoms with Crippen LogP contribution in [-0.4, -0.2) is 59.7 Å². The van der Waals surface area contributed by atoms with Crippen molar-refractivity contribution in [2.24, 2.45) is 0 Å². The number of rotatable bonds is 4. The zero-order chi connectivity index (χ0) is 18.6. The SMILES string of the molecule is O=C(C1CNCCO1)N1CCC(c2cccc(Nc3ncc(Cl)s3)n2)CC1. The minimum absolute atomic E-state index is 0.102. The molecule has 27 heavy (non-hydrogen) atoms. The summed E-state index contributed by atoms with van der Waals surface area (Å²) in [6, 6.07) is 5.97. The summed E-state index contributed by atoms with van der Waals surface area (Å²) >= 11 is 7.31. The number of carbonyl (C=O) groups excluding carboxylic acids is 1. The summed E-state index contributed by atoms with van der Waals surface area (Å²) in [5, 5.41) is 7.14. The first-order chi connectivity index (χ1) is 13.2. The third-order valence-corrected chi connectivity index (χ3v) is 5.94. The minimum Gasteiger partial charge on any atom is -0.366 e. The van der Waals surface area contributed by atoms with Crippen molar-refractivity contribution in [1.82, 2.24) is 20.2 Å². The van der Waals surface area contributed by atoms with Crippen LogP contribution in [0.15, 0.2) is 24.4 Å². The number of thiazole rings is 1. The maximum atomic E-state index is 12.6. The first-order valence-electron chi connectivity index (χ1n) is 9.15. The quantitative estimate of drug-likeness (QED) is 0.811. The molecule has 0 saturated carbocycles. The normalized spacial score (nSPS) is 21.2. The van der Waals surface area contributed by atoms with Gasteiger partial charge in [-0.3, -0.25) is 4.79 Å². The maximum absolute atomic E-state index is 12.6. The molecular formula is C18H22ClN5O2S. The Kier molecular flexibility index (Phi) is 5.87. The summed E-state index contributed by atoms with van der Waals surface area (Å²) in [6.07, 6.45) is 3.10. The number of carbonyl (C=O) groups is 1. The lowest BCUT2D eigenvalue weighted by atomic mass is 9.92. The number of piperidine rings is 1. The smallest absolute Gasteiger partial charge is 0.253 e. The van der Waals surface area contributed by atoms with E-state index in [1.807, 2.05) is 17.0 Å². The number of amides is 1. The fraction of sp³-hybridized carbons (Fsp3) is 0.500. The Morgan fingerprint density at radius 3 is 2.93 bits per heavy atom. The molecule has 2 aromatic rings. The monoisotopic (exact) mass is 407 g/mol. The van der Waals surface area contributed by atoms with Crippen LogP contribution in [0.1, 0.15) is 24.5 Å². The summed E-state index contributed by atoms with van der Waals surface area (Å²) in [4.78, 5) is 23.4. The van der Waals surface area contributed by atoms with Crippen LogP contribution >= 0.6 is 22.9 Å². The van der Waals surface area contributed by atoms with E-state index in [1.54, 1.807) is 6.20 Å². The van der Waals surface area contributed by atoms with E-state index in [2.05, 4.69) is 21.7 Å². The molecule has 2 aromatic heterocycles. The zero-order valence-corrected chi connectivity index (χ0v) is 16.4. The molecule has 9 heteroatoms. The highest BCUT2D eigenvalue weighted by atomic mass is 35.5. The Bertz CT molecular complexity index is 788. The van der Waals surface area contributed by atoms with Crippen LogP contribution in [0.3, 0.4) is 0 Å². The van der Waals surface area contributed by atoms with Gasteiger partial charge in [-0.1, -0.05) is 29.0 Å². The molecular weight excluding hydrogens is 386 g/mol. The van der Waals surface area contributed by atoms with Gasteiger partial charge in [-0.15, -0.1) is 0 Å². The largest absolute Gasteiger partial charge is 0.366 e. The van der Waals surface area contributed by atoms with Gasteiger partial charge in [0.05, 0.1) is 12.8 Å². The Morgan fingerprint density at radius 2 is 2.22 bits per heavy atom. The van der Waals surface area contributed by atoms with Gasteiger partial charge in [0.25, 0.3) is 5.91 Å². The fourth-order valence-corrected chi connectivity index (χ4v) is 4.31. The van der Waals surface area contributed by atoms with E-state index in [0.717, 1.165) is 49.1 Å². The topological polar surface area (TPSA) is 79.4 Å². The second-order valence-corrected chi connectivity index (χ2v) is 8.37. The van der Waals surface area contributed by atoms with Gasteiger partial charge >= 0.3 is 0 Å². The van der Waals surface area contributed by atoms with Crippen molar-refractivity contribution in [2.45, 2.75) is 24.9 Å². The molecule has 7 nitrogen and oxygen atoms in total. The standard InChI is InChI=1S/C18H22ClN5O2S/c19-15-11-21-18(27-15)23-16-3-1-2-13(22-16)12-4-7-24(8-5-12)17(25)14-10-20-6-9-26-14/h1-3,11-12,14,20H,4-10H2,(H,21,22,23). The van der Waals surface area contributed by atoms with E-state index in [4.69, 9.17) is 21.3 Å². The number of pyridine rings is 1. The Labute approximate surface area is 167 Å². The minimum atomic E-state index is -0.342. The lowest BCUT2D eigenvalue weighted by Crippen LogP contribution is -2.51. The van der Waals surface area contributed by atoms with Gasteiger partial charge < -0.3 is 20.3 Å². The molecule has 4 heterocycles. The van der Waals surface area contributed by atoms with Crippen molar-refractivity contribution in [3.63, 3.8) is 0 Å². The molecule has 1 unspecified atom stereocenters. The van der Waals surface area contributed by atoms with E-state index < -0.39 is 0 Å². The zero-order valence-electron chi connectivity index (χ0n) is 14.9. The predicted molar refractivity (Wildman–Crippen MR) is 106 cm³/mol. The van der Waals surface area contributed by atoms with Crippen molar-refractivity contribution < 1.29 is 9.53 Å². The highest BCUT2D eigenvalue weighted by molar-refractivity contribution is 7.19. The average Bonchev–Trinajstić information content (AvgIpc) is 3.13. The third-order valence-electron chi connectivity index (χ3n) is 4.91. The fourth-order valence-electron chi connectivity index (χ4n) is 3.49. The number of anilines is 2. The van der Waals surface area contributed by atoms with Crippen molar-refractivity contribution in [3.8, 4) is 0 Å². The number of nitrogens with zero attached hydrogens (tertiary/aromatic N) is 3. The number of nitrogens with one attached hydrogen (secondary N) is 2. The van der Waals surface area contributed by atoms with Crippen LogP contribution in [0.4, 0.5) is 10.9 Å². The average molecular weight is 408 g/mol. The van der Waals surface area contributed by atoms with Crippen LogP contribution in [-0.2, 0) is 9.53 Å². The van der Waals surface area contributed by atoms with E-state index in [-0.39, 0.29) is 12.0 Å². The van der Waals surface area contributed by atoms with E-state index in [0.29, 0.717) is 23.4 Å². The van der Waals surface area contributed by atoms with Crippen LogP contribution < -0.4 is 10.6 Å². The van der Waals surface area contributed by atoms with Crippen LogP contribution in [0.2, 0.25) is 4.34 Å². The summed E-state index contributed by atoms with van der Waals surface area (Å²) in [5.74, 6) is 1.21. The molecule has 2 aliphatic heterocycles. The lowest BCUT2D eigenvalue weighted by Gasteiger charge is -2.35. The van der Waals surface area contributed by atoms with Gasteiger partial charge in [0.1, 0.15) is 16.3 Å². The molecule has 1 atom stereocenters. The lowest BCUT2D eigenvalue weighted by molar-refractivity contribution is -0.146. The van der Waals surface area contributed by atoms with Gasteiger partial charge in [-0.25, -0.2) is 9.97 Å². The van der Waals surface area contributed by atoms with Gasteiger partial charge in [-0.05, 0) is 25.0 Å². The Balaban J connectivity index is 1.35. The predicted octanol–water partition coefficient (Wildman–Crippen LogP) is 2.63. The first kappa shape index (κ1) is 18.6. The van der Waals surface area contributed by atoms with Crippen molar-refractivity contribution in [1.29, 1.82) is 0 Å². The van der Waals surface area contributed by atoms with E-state index in [1.165, 1.54) is 11.3 Å². The summed E-state index contributed by atoms with van der Waals surface area (Å²) in [5.41, 5.74) is 1.05. The molecule has 2 saturated heterocycles. The number of likely N-dealkylation sites (tertiary alicyclic amines) is 1. The number of halogens is 1. The van der Waals surface area contributed by atoms with Gasteiger partial charge in [0.15, 0.2) is 5.13 Å². The number of hydrogen-bond donors (Lipinski definition) is 2. The van der Waals surface area contributed by atoms with Crippen molar-refractivity contribution in [3.05, 3.63) is 34.4 Å². The number of hydrogen-bond acceptors (Lipinski definition) is 7. The van der Waals surface area contributed by atoms with Crippen LogP contribution in [0.5, 0.6) is 0 Å². The summed E-state index contributed by atoms with van der Waals surface area (Å²) in [6.45, 7) is 3.50. The van der Waals surface area contributed by atoms with E-state index in [9.17, 15) is 4.79 Å². The molecule has 0 radical (unpaired) electrons. The molecule has 0 aliphatic carbocycles. The number of aromatic nitrogens is 2. The molecule has 2 aliphatic rings. The molecule has 1 amide bonds. The van der Waals surface area contributed by atoms with Gasteiger partial charge in [0.2, 0.25) is 0 Å². The number of morpholine rings is 1. The van der Waals surface area contributed by atoms with Crippen LogP contribution in [0.25, 0.3) is 0 Å². The third kappa shape index (κ3) is 4.57. The Hall–Kier alpha value is -1.74. The first-order valence-corrected chi connectivity index (χ1v) is 10.3. The molecule has 2 N–H and O–H groups in total. The second-order valence-electron chi connectivity index (χ2n) is 6.71. The van der Waals surface area contributed by atoms with Crippen molar-refractivity contribution in [2.75, 3.05) is 38.1 Å². The maximum Gasteiger partial charge on any atom is 0.253 e. The second kappa shape index (κ2) is 8.52. The molecule has 4 rings (SSSR count). The molecule has 144 valence electrons. The van der Waals surface area contributed by atoms with Crippen LogP contribution in [0, 0.1) is 0 Å². The molecule has 2 fully saturated rings. The van der Waals surface area contributed by atoms with Gasteiger partial charge in [0, 0.05) is 37.8 Å². The summed E-state index contributed by atoms with van der Waals surface area (Å²) in [7, 11) is 0. The van der Waals surface area contributed by atoms with Gasteiger partial charge in [-0.2, -0.15) is 0 Å².